The first-order chi connectivity index (χ1) is 9.29. The van der Waals surface area contributed by atoms with Crippen molar-refractivity contribution in [3.63, 3.8) is 0 Å². The van der Waals surface area contributed by atoms with Crippen molar-refractivity contribution >= 4 is 10.0 Å². The van der Waals surface area contributed by atoms with E-state index in [0.717, 1.165) is 36.2 Å². The summed E-state index contributed by atoms with van der Waals surface area (Å²) in [7, 11) is -1.34. The maximum absolute atomic E-state index is 12.5. The van der Waals surface area contributed by atoms with E-state index in [4.69, 9.17) is 0 Å². The highest BCUT2D eigenvalue weighted by molar-refractivity contribution is 7.89. The van der Waals surface area contributed by atoms with Crippen LogP contribution in [-0.2, 0) is 10.0 Å². The maximum Gasteiger partial charge on any atom is 0.241 e. The first kappa shape index (κ1) is 15.5. The molecule has 0 aliphatic carbocycles. The Morgan fingerprint density at radius 3 is 2.35 bits per heavy atom. The van der Waals surface area contributed by atoms with Crippen molar-refractivity contribution in [3.05, 3.63) is 28.8 Å². The fourth-order valence-corrected chi connectivity index (χ4v) is 4.65. The molecule has 0 spiro atoms. The predicted octanol–water partition coefficient (Wildman–Crippen LogP) is 1.84. The zero-order valence-corrected chi connectivity index (χ0v) is 13.5. The summed E-state index contributed by atoms with van der Waals surface area (Å²) < 4.78 is 27.8. The minimum absolute atomic E-state index is 0.417. The molecule has 0 radical (unpaired) electrons. The van der Waals surface area contributed by atoms with Crippen molar-refractivity contribution in [1.82, 2.24) is 9.62 Å². The second-order valence-electron chi connectivity index (χ2n) is 6.00. The fourth-order valence-electron chi connectivity index (χ4n) is 3.08. The van der Waals surface area contributed by atoms with Gasteiger partial charge >= 0.3 is 0 Å². The Kier molecular flexibility index (Phi) is 4.52. The van der Waals surface area contributed by atoms with Gasteiger partial charge in [-0.3, -0.25) is 0 Å². The topological polar surface area (TPSA) is 49.4 Å². The second-order valence-corrected chi connectivity index (χ2v) is 7.70. The molecule has 4 nitrogen and oxygen atoms in total. The molecule has 1 N–H and O–H groups in total. The Bertz CT molecular complexity index is 573. The van der Waals surface area contributed by atoms with Gasteiger partial charge in [0.25, 0.3) is 0 Å². The van der Waals surface area contributed by atoms with Crippen LogP contribution in [0.4, 0.5) is 0 Å². The average molecular weight is 296 g/mol. The van der Waals surface area contributed by atoms with Gasteiger partial charge < -0.3 is 4.90 Å². The minimum atomic E-state index is -3.41. The van der Waals surface area contributed by atoms with E-state index >= 15 is 0 Å². The van der Waals surface area contributed by atoms with Crippen LogP contribution in [0.1, 0.15) is 23.1 Å². The van der Waals surface area contributed by atoms with Crippen LogP contribution >= 0.6 is 0 Å². The number of nitrogens with zero attached hydrogens (tertiary/aromatic N) is 1. The zero-order chi connectivity index (χ0) is 14.9. The first-order valence-electron chi connectivity index (χ1n) is 7.05. The van der Waals surface area contributed by atoms with E-state index in [0.29, 0.717) is 17.4 Å². The molecule has 1 saturated heterocycles. The number of hydrogen-bond acceptors (Lipinski definition) is 3. The number of nitrogens with one attached hydrogen (secondary N) is 1. The molecule has 2 rings (SSSR count). The monoisotopic (exact) mass is 296 g/mol. The van der Waals surface area contributed by atoms with Gasteiger partial charge in [-0.2, -0.15) is 0 Å². The molecule has 1 aromatic rings. The van der Waals surface area contributed by atoms with Crippen LogP contribution in [0.2, 0.25) is 0 Å². The van der Waals surface area contributed by atoms with E-state index in [1.807, 2.05) is 32.9 Å². The Balaban J connectivity index is 2.15. The molecule has 5 heteroatoms. The molecular formula is C15H24N2O2S. The van der Waals surface area contributed by atoms with Crippen LogP contribution in [-0.4, -0.2) is 40.0 Å². The summed E-state index contributed by atoms with van der Waals surface area (Å²) in [5.41, 5.74) is 2.73. The highest BCUT2D eigenvalue weighted by Gasteiger charge is 2.24. The van der Waals surface area contributed by atoms with Crippen molar-refractivity contribution < 1.29 is 8.42 Å². The second kappa shape index (κ2) is 5.84. The molecular weight excluding hydrogens is 272 g/mol. The Hall–Kier alpha value is -0.910. The smallest absolute Gasteiger partial charge is 0.241 e. The molecule has 112 valence electrons. The molecule has 0 saturated carbocycles. The van der Waals surface area contributed by atoms with Gasteiger partial charge in [0.15, 0.2) is 0 Å². The van der Waals surface area contributed by atoms with E-state index in [2.05, 4.69) is 16.7 Å². The Morgan fingerprint density at radius 2 is 1.85 bits per heavy atom. The van der Waals surface area contributed by atoms with Crippen LogP contribution < -0.4 is 4.72 Å². The summed E-state index contributed by atoms with van der Waals surface area (Å²) in [6.45, 7) is 8.25. The zero-order valence-electron chi connectivity index (χ0n) is 12.7. The lowest BCUT2D eigenvalue weighted by Crippen LogP contribution is -2.31. The highest BCUT2D eigenvalue weighted by Crippen LogP contribution is 2.22. The molecule has 1 unspecified atom stereocenters. The van der Waals surface area contributed by atoms with E-state index in [1.165, 1.54) is 0 Å². The molecule has 1 aliphatic rings. The van der Waals surface area contributed by atoms with E-state index in [-0.39, 0.29) is 0 Å². The normalized spacial score (nSPS) is 20.5. The predicted molar refractivity (Wildman–Crippen MR) is 81.4 cm³/mol. The van der Waals surface area contributed by atoms with Gasteiger partial charge in [0.05, 0.1) is 4.90 Å². The van der Waals surface area contributed by atoms with Crippen LogP contribution in [0.5, 0.6) is 0 Å². The molecule has 0 amide bonds. The van der Waals surface area contributed by atoms with E-state index in [1.54, 1.807) is 0 Å². The summed E-state index contributed by atoms with van der Waals surface area (Å²) in [6, 6.07) is 3.84. The minimum Gasteiger partial charge on any atom is -0.306 e. The van der Waals surface area contributed by atoms with Crippen molar-refractivity contribution in [2.45, 2.75) is 32.1 Å². The largest absolute Gasteiger partial charge is 0.306 e. The van der Waals surface area contributed by atoms with E-state index in [9.17, 15) is 8.42 Å². The lowest BCUT2D eigenvalue weighted by Gasteiger charge is -2.15. The van der Waals surface area contributed by atoms with Gasteiger partial charge in [-0.05, 0) is 57.8 Å². The number of benzene rings is 1. The molecule has 20 heavy (non-hydrogen) atoms. The number of likely N-dealkylation sites (tertiary alicyclic amines) is 1. The van der Waals surface area contributed by atoms with Crippen LogP contribution in [0.3, 0.4) is 0 Å². The lowest BCUT2D eigenvalue weighted by atomic mass is 10.1. The molecule has 1 atom stereocenters. The van der Waals surface area contributed by atoms with Crippen molar-refractivity contribution in [2.75, 3.05) is 26.7 Å². The van der Waals surface area contributed by atoms with Crippen LogP contribution in [0.25, 0.3) is 0 Å². The maximum atomic E-state index is 12.5. The standard InChI is InChI=1S/C15H24N2O2S/c1-11-7-12(2)15(13(3)8-11)20(18,19)16-9-14-5-6-17(4)10-14/h7-8,14,16H,5-6,9-10H2,1-4H3. The van der Waals surface area contributed by atoms with Gasteiger partial charge in [-0.1, -0.05) is 17.7 Å². The molecule has 1 aromatic carbocycles. The number of hydrogen-bond donors (Lipinski definition) is 1. The Morgan fingerprint density at radius 1 is 1.25 bits per heavy atom. The van der Waals surface area contributed by atoms with Crippen molar-refractivity contribution in [3.8, 4) is 0 Å². The third kappa shape index (κ3) is 3.40. The Labute approximate surface area is 122 Å². The number of sulfonamides is 1. The molecule has 1 aliphatic heterocycles. The van der Waals surface area contributed by atoms with Gasteiger partial charge in [0.2, 0.25) is 10.0 Å². The molecule has 0 bridgehead atoms. The molecule has 1 fully saturated rings. The summed E-state index contributed by atoms with van der Waals surface area (Å²) >= 11 is 0. The summed E-state index contributed by atoms with van der Waals surface area (Å²) in [4.78, 5) is 2.68. The van der Waals surface area contributed by atoms with Gasteiger partial charge in [0.1, 0.15) is 0 Å². The number of rotatable bonds is 4. The molecule has 1 heterocycles. The lowest BCUT2D eigenvalue weighted by molar-refractivity contribution is 0.394. The summed E-state index contributed by atoms with van der Waals surface area (Å²) in [6.07, 6.45) is 1.06. The van der Waals surface area contributed by atoms with Crippen molar-refractivity contribution in [2.24, 2.45) is 5.92 Å². The third-order valence-electron chi connectivity index (χ3n) is 3.92. The number of aryl methyl sites for hydroxylation is 3. The summed E-state index contributed by atoms with van der Waals surface area (Å²) in [5, 5.41) is 0. The van der Waals surface area contributed by atoms with E-state index < -0.39 is 10.0 Å². The fraction of sp³-hybridized carbons (Fsp3) is 0.600. The quantitative estimate of drug-likeness (QED) is 0.922. The highest BCUT2D eigenvalue weighted by atomic mass is 32.2. The average Bonchev–Trinajstić information content (AvgIpc) is 2.71. The first-order valence-corrected chi connectivity index (χ1v) is 8.54. The van der Waals surface area contributed by atoms with Crippen LogP contribution in [0, 0.1) is 26.7 Å². The van der Waals surface area contributed by atoms with Crippen LogP contribution in [0.15, 0.2) is 17.0 Å². The van der Waals surface area contributed by atoms with Gasteiger partial charge in [-0.25, -0.2) is 13.1 Å². The van der Waals surface area contributed by atoms with Gasteiger partial charge in [-0.15, -0.1) is 0 Å². The van der Waals surface area contributed by atoms with Gasteiger partial charge in [0, 0.05) is 13.1 Å². The van der Waals surface area contributed by atoms with Crippen molar-refractivity contribution in [1.29, 1.82) is 0 Å². The summed E-state index contributed by atoms with van der Waals surface area (Å²) in [5.74, 6) is 0.417. The molecule has 0 aromatic heterocycles. The third-order valence-corrected chi connectivity index (χ3v) is 5.65. The SMILES string of the molecule is Cc1cc(C)c(S(=O)(=O)NCC2CCN(C)C2)c(C)c1.